The van der Waals surface area contributed by atoms with Crippen LogP contribution >= 0.6 is 0 Å². The van der Waals surface area contributed by atoms with Gasteiger partial charge in [-0.05, 0) is 64.4 Å². The minimum absolute atomic E-state index is 0.509. The SMILES string of the molecule is C=C.C=C(C)C.C=C(C)CCC.CC.CC.CC.CCC(C)C(C)(C)C.CCCc1cc(C)cc(C)c1. The van der Waals surface area contributed by atoms with Gasteiger partial charge in [0.2, 0.25) is 0 Å². The zero-order valence-corrected chi connectivity index (χ0v) is 29.7. The van der Waals surface area contributed by atoms with Gasteiger partial charge in [-0.1, -0.05) is 150 Å². The van der Waals surface area contributed by atoms with E-state index in [1.54, 1.807) is 0 Å². The Labute approximate surface area is 240 Å². The van der Waals surface area contributed by atoms with Gasteiger partial charge in [0.25, 0.3) is 0 Å². The van der Waals surface area contributed by atoms with Gasteiger partial charge >= 0.3 is 0 Å². The molecule has 1 aromatic carbocycles. The molecule has 0 heteroatoms. The van der Waals surface area contributed by atoms with Crippen LogP contribution in [0.4, 0.5) is 0 Å². The number of aryl methyl sites for hydroxylation is 3. The molecule has 0 aliphatic rings. The Morgan fingerprint density at radius 2 is 1.05 bits per heavy atom. The summed E-state index contributed by atoms with van der Waals surface area (Å²) < 4.78 is 0. The number of benzene rings is 1. The molecule has 0 saturated heterocycles. The normalized spacial score (nSPS) is 9.14. The lowest BCUT2D eigenvalue weighted by molar-refractivity contribution is 0.254. The third kappa shape index (κ3) is 60.7. The molecule has 1 rings (SSSR count). The molecule has 0 heterocycles. The van der Waals surface area contributed by atoms with Crippen molar-refractivity contribution in [2.45, 2.75) is 157 Å². The molecular weight excluding hydrogens is 444 g/mol. The summed E-state index contributed by atoms with van der Waals surface area (Å²) >= 11 is 0. The Kier molecular flexibility index (Phi) is 58.4. The summed E-state index contributed by atoms with van der Waals surface area (Å²) in [5, 5.41) is 0. The van der Waals surface area contributed by atoms with Crippen molar-refractivity contribution < 1.29 is 0 Å². The second-order valence-electron chi connectivity index (χ2n) is 9.84. The van der Waals surface area contributed by atoms with Crippen molar-refractivity contribution in [3.8, 4) is 0 Å². The number of rotatable bonds is 5. The highest BCUT2D eigenvalue weighted by molar-refractivity contribution is 5.28. The van der Waals surface area contributed by atoms with Crippen molar-refractivity contribution in [3.05, 3.63) is 72.4 Å². The minimum atomic E-state index is 0.509. The van der Waals surface area contributed by atoms with E-state index in [0.29, 0.717) is 5.41 Å². The zero-order chi connectivity index (χ0) is 31.6. The summed E-state index contributed by atoms with van der Waals surface area (Å²) in [5.74, 6) is 0.850. The highest BCUT2D eigenvalue weighted by Gasteiger charge is 2.16. The maximum Gasteiger partial charge on any atom is -0.0281 e. The summed E-state index contributed by atoms with van der Waals surface area (Å²) in [6, 6.07) is 6.77. The summed E-state index contributed by atoms with van der Waals surface area (Å²) in [4.78, 5) is 0. The van der Waals surface area contributed by atoms with E-state index < -0.39 is 0 Å². The van der Waals surface area contributed by atoms with E-state index in [4.69, 9.17) is 0 Å². The second kappa shape index (κ2) is 41.6. The standard InChI is InChI=1S/C11H16.C8H18.C6H12.C4H8.3C2H6.C2H4/c1-4-5-11-7-9(2)6-10(3)8-11;1-6-7(2)8(3,4)5;1-4-5-6(2)3;1-4(2)3;4*1-2/h6-8H,4-5H2,1-3H3;7H,6H2,1-5H3;2,4-5H2,1,3H3;1H2,2-3H3;3*1-2H3;1-2H2. The highest BCUT2D eigenvalue weighted by atomic mass is 14.2. The molecule has 0 radical (unpaired) electrons. The first-order valence-corrected chi connectivity index (χ1v) is 15.0. The van der Waals surface area contributed by atoms with Gasteiger partial charge in [0.1, 0.15) is 0 Å². The summed E-state index contributed by atoms with van der Waals surface area (Å²) in [6.07, 6.45) is 6.16. The van der Waals surface area contributed by atoms with Crippen molar-refractivity contribution >= 4 is 0 Å². The first-order chi connectivity index (χ1) is 17.2. The van der Waals surface area contributed by atoms with Crippen LogP contribution in [-0.2, 0) is 6.42 Å². The topological polar surface area (TPSA) is 0 Å². The van der Waals surface area contributed by atoms with E-state index in [1.807, 2.05) is 55.4 Å². The van der Waals surface area contributed by atoms with Crippen LogP contribution in [0.1, 0.15) is 153 Å². The molecule has 37 heavy (non-hydrogen) atoms. The molecule has 224 valence electrons. The van der Waals surface area contributed by atoms with E-state index in [-0.39, 0.29) is 0 Å². The van der Waals surface area contributed by atoms with Gasteiger partial charge < -0.3 is 0 Å². The van der Waals surface area contributed by atoms with Gasteiger partial charge in [-0.15, -0.1) is 26.3 Å². The predicted octanol–water partition coefficient (Wildman–Crippen LogP) is 14.2. The van der Waals surface area contributed by atoms with E-state index in [1.165, 1.54) is 59.9 Å². The van der Waals surface area contributed by atoms with Crippen molar-refractivity contribution in [1.82, 2.24) is 0 Å². The fraction of sp³-hybridized carbons (Fsp3) is 0.676. The summed E-state index contributed by atoms with van der Waals surface area (Å²) in [5.41, 5.74) is 7.21. The van der Waals surface area contributed by atoms with E-state index in [0.717, 1.165) is 5.92 Å². The van der Waals surface area contributed by atoms with Crippen LogP contribution in [0, 0.1) is 25.2 Å². The fourth-order valence-electron chi connectivity index (χ4n) is 2.54. The maximum atomic E-state index is 3.74. The molecule has 0 amide bonds. The van der Waals surface area contributed by atoms with Crippen LogP contribution in [0.25, 0.3) is 0 Å². The molecule has 1 atom stereocenters. The lowest BCUT2D eigenvalue weighted by Gasteiger charge is -2.25. The average molecular weight is 521 g/mol. The van der Waals surface area contributed by atoms with E-state index in [9.17, 15) is 0 Å². The van der Waals surface area contributed by atoms with Crippen LogP contribution in [0.2, 0.25) is 0 Å². The third-order valence-electron chi connectivity index (χ3n) is 4.59. The van der Waals surface area contributed by atoms with Gasteiger partial charge in [0.05, 0.1) is 0 Å². The predicted molar refractivity (Wildman–Crippen MR) is 184 cm³/mol. The number of hydrogen-bond donors (Lipinski definition) is 0. The Morgan fingerprint density at radius 3 is 1.19 bits per heavy atom. The van der Waals surface area contributed by atoms with E-state index >= 15 is 0 Å². The van der Waals surface area contributed by atoms with Crippen LogP contribution < -0.4 is 0 Å². The summed E-state index contributed by atoms with van der Waals surface area (Å²) in [6.45, 7) is 51.4. The molecule has 0 spiro atoms. The Balaban J connectivity index is -0.0000000619. The second-order valence-corrected chi connectivity index (χ2v) is 9.84. The molecule has 0 aliphatic heterocycles. The smallest absolute Gasteiger partial charge is 0.0281 e. The molecule has 0 N–H and O–H groups in total. The molecule has 0 fully saturated rings. The first kappa shape index (κ1) is 52.0. The van der Waals surface area contributed by atoms with Crippen LogP contribution in [0.5, 0.6) is 0 Å². The highest BCUT2D eigenvalue weighted by Crippen LogP contribution is 2.27. The van der Waals surface area contributed by atoms with Gasteiger partial charge in [-0.25, -0.2) is 0 Å². The van der Waals surface area contributed by atoms with Gasteiger partial charge in [0, 0.05) is 0 Å². The fourth-order valence-corrected chi connectivity index (χ4v) is 2.54. The monoisotopic (exact) mass is 521 g/mol. The maximum absolute atomic E-state index is 3.74. The van der Waals surface area contributed by atoms with Gasteiger partial charge in [-0.3, -0.25) is 0 Å². The molecule has 0 saturated carbocycles. The number of allylic oxidation sites excluding steroid dienone is 2. The molecule has 0 bridgehead atoms. The first-order valence-electron chi connectivity index (χ1n) is 15.0. The number of hydrogen-bond acceptors (Lipinski definition) is 0. The molecule has 1 unspecified atom stereocenters. The third-order valence-corrected chi connectivity index (χ3v) is 4.59. The zero-order valence-electron chi connectivity index (χ0n) is 29.7. The van der Waals surface area contributed by atoms with Crippen LogP contribution in [0.3, 0.4) is 0 Å². The lowest BCUT2D eigenvalue weighted by atomic mass is 9.81. The Bertz CT molecular complexity index is 530. The van der Waals surface area contributed by atoms with Gasteiger partial charge in [-0.2, -0.15) is 0 Å². The molecular formula is C37H76. The minimum Gasteiger partial charge on any atom is -0.106 e. The molecule has 0 nitrogen and oxygen atoms in total. The van der Waals surface area contributed by atoms with Crippen molar-refractivity contribution in [1.29, 1.82) is 0 Å². The molecule has 1 aromatic rings. The lowest BCUT2D eigenvalue weighted by Crippen LogP contribution is -2.15. The van der Waals surface area contributed by atoms with Crippen LogP contribution in [0.15, 0.2) is 55.7 Å². The van der Waals surface area contributed by atoms with Crippen LogP contribution in [-0.4, -0.2) is 0 Å². The Hall–Kier alpha value is -1.56. The molecule has 0 aromatic heterocycles. The largest absolute Gasteiger partial charge is 0.106 e. The van der Waals surface area contributed by atoms with E-state index in [2.05, 4.69) is 114 Å². The van der Waals surface area contributed by atoms with Crippen molar-refractivity contribution in [2.75, 3.05) is 0 Å². The average Bonchev–Trinajstić information content (AvgIpc) is 2.83. The molecule has 0 aliphatic carbocycles. The summed E-state index contributed by atoms with van der Waals surface area (Å²) in [7, 11) is 0. The van der Waals surface area contributed by atoms with Crippen molar-refractivity contribution in [2.24, 2.45) is 11.3 Å². The quantitative estimate of drug-likeness (QED) is 0.338. The van der Waals surface area contributed by atoms with Gasteiger partial charge in [0.15, 0.2) is 0 Å². The Morgan fingerprint density at radius 1 is 0.730 bits per heavy atom. The van der Waals surface area contributed by atoms with Crippen molar-refractivity contribution in [3.63, 3.8) is 0 Å².